The van der Waals surface area contributed by atoms with Crippen molar-refractivity contribution in [2.75, 3.05) is 44.7 Å². The largest absolute Gasteiger partial charge is 0.344 e. The van der Waals surface area contributed by atoms with Crippen LogP contribution in [0.5, 0.6) is 0 Å². The summed E-state index contributed by atoms with van der Waals surface area (Å²) in [5.74, 6) is -3.01. The molecule has 0 saturated carbocycles. The van der Waals surface area contributed by atoms with E-state index in [4.69, 9.17) is 0 Å². The molecule has 1 fully saturated rings. The molecule has 0 aliphatic carbocycles. The second-order valence-electron chi connectivity index (χ2n) is 7.89. The normalized spacial score (nSPS) is 14.2. The fourth-order valence-electron chi connectivity index (χ4n) is 3.45. The van der Waals surface area contributed by atoms with E-state index in [2.05, 4.69) is 20.8 Å². The summed E-state index contributed by atoms with van der Waals surface area (Å²) in [6.07, 6.45) is -3.24. The summed E-state index contributed by atoms with van der Waals surface area (Å²) in [7, 11) is 1.98. The van der Waals surface area contributed by atoms with Crippen LogP contribution >= 0.6 is 15.9 Å². The Hall–Kier alpha value is -2.92. The minimum atomic E-state index is -3.24. The number of hydrogen-bond donors (Lipinski definition) is 1. The van der Waals surface area contributed by atoms with Gasteiger partial charge in [-0.2, -0.15) is 8.78 Å². The third-order valence-corrected chi connectivity index (χ3v) is 5.94. The van der Waals surface area contributed by atoms with Gasteiger partial charge in [0, 0.05) is 47.5 Å². The summed E-state index contributed by atoms with van der Waals surface area (Å²) in [6.45, 7) is 1.79. The summed E-state index contributed by atoms with van der Waals surface area (Å²) >= 11 is 3.40. The van der Waals surface area contributed by atoms with Gasteiger partial charge in [-0.3, -0.25) is 14.5 Å². The van der Waals surface area contributed by atoms with E-state index in [0.29, 0.717) is 18.8 Å². The molecule has 3 rings (SSSR count). The molecule has 1 N–H and O–H groups in total. The number of benzene rings is 2. The lowest BCUT2D eigenvalue weighted by molar-refractivity contribution is -0.131. The van der Waals surface area contributed by atoms with Gasteiger partial charge < -0.3 is 15.1 Å². The number of carbonyl (C=O) groups excluding carboxylic acids is 3. The number of alkyl halides is 2. The van der Waals surface area contributed by atoms with Crippen LogP contribution in [0.1, 0.15) is 15.9 Å². The number of ketones is 1. The number of amides is 3. The van der Waals surface area contributed by atoms with Gasteiger partial charge in [0.1, 0.15) is 5.82 Å². The van der Waals surface area contributed by atoms with E-state index in [1.165, 1.54) is 17.0 Å². The van der Waals surface area contributed by atoms with Gasteiger partial charge in [-0.15, -0.1) is 0 Å². The van der Waals surface area contributed by atoms with E-state index in [9.17, 15) is 27.6 Å². The maximum atomic E-state index is 14.9. The topological polar surface area (TPSA) is 73.0 Å². The Balaban J connectivity index is 1.80. The number of likely N-dealkylation sites (N-methyl/N-ethyl adjacent to an activating group) is 1. The average Bonchev–Trinajstić information content (AvgIpc) is 2.81. The fraction of sp³-hybridized carbons (Fsp3) is 0.348. The minimum absolute atomic E-state index is 0.0739. The zero-order chi connectivity index (χ0) is 24.8. The van der Waals surface area contributed by atoms with E-state index in [0.717, 1.165) is 23.6 Å². The van der Waals surface area contributed by atoms with Gasteiger partial charge in [-0.05, 0) is 31.3 Å². The Kier molecular flexibility index (Phi) is 8.67. The SMILES string of the molecule is CN1CCN(C(=O)N(Cc2ccc(C(=O)CNC(=O)C(F)F)cc2F)c2cccc(Br)c2)CC1. The molecule has 11 heteroatoms. The molecule has 0 aromatic heterocycles. The van der Waals surface area contributed by atoms with Crippen molar-refractivity contribution in [3.8, 4) is 0 Å². The number of piperazine rings is 1. The van der Waals surface area contributed by atoms with Gasteiger partial charge in [0.05, 0.1) is 13.1 Å². The van der Waals surface area contributed by atoms with E-state index in [1.54, 1.807) is 28.4 Å². The number of Topliss-reactive ketones (excluding diaryl/α,β-unsaturated/α-hetero) is 1. The lowest BCUT2D eigenvalue weighted by atomic mass is 10.1. The first-order valence-corrected chi connectivity index (χ1v) is 11.3. The lowest BCUT2D eigenvalue weighted by Crippen LogP contribution is -2.52. The van der Waals surface area contributed by atoms with Crippen LogP contribution in [-0.2, 0) is 11.3 Å². The molecule has 1 heterocycles. The molecule has 1 aliphatic heterocycles. The number of rotatable bonds is 7. The van der Waals surface area contributed by atoms with Crippen LogP contribution in [0.2, 0.25) is 0 Å². The molecule has 1 aliphatic rings. The average molecular weight is 541 g/mol. The smallest absolute Gasteiger partial charge is 0.324 e. The first kappa shape index (κ1) is 25.7. The minimum Gasteiger partial charge on any atom is -0.344 e. The van der Waals surface area contributed by atoms with Crippen molar-refractivity contribution >= 4 is 39.3 Å². The number of urea groups is 1. The summed E-state index contributed by atoms with van der Waals surface area (Å²) in [6, 6.07) is 10.5. The molecule has 3 amide bonds. The number of nitrogens with one attached hydrogen (secondary N) is 1. The van der Waals surface area contributed by atoms with Crippen molar-refractivity contribution < 1.29 is 27.6 Å². The van der Waals surface area contributed by atoms with Crippen molar-refractivity contribution in [3.05, 3.63) is 63.9 Å². The van der Waals surface area contributed by atoms with Gasteiger partial charge in [0.2, 0.25) is 0 Å². The van der Waals surface area contributed by atoms with Crippen LogP contribution in [0, 0.1) is 5.82 Å². The van der Waals surface area contributed by atoms with E-state index in [1.807, 2.05) is 13.1 Å². The van der Waals surface area contributed by atoms with Crippen LogP contribution in [0.15, 0.2) is 46.9 Å². The number of nitrogens with zero attached hydrogens (tertiary/aromatic N) is 3. The molecular weight excluding hydrogens is 517 g/mol. The monoisotopic (exact) mass is 540 g/mol. The summed E-state index contributed by atoms with van der Waals surface area (Å²) in [5, 5.41) is 1.80. The molecule has 182 valence electrons. The van der Waals surface area contributed by atoms with Crippen LogP contribution in [0.4, 0.5) is 23.7 Å². The first-order chi connectivity index (χ1) is 16.2. The van der Waals surface area contributed by atoms with E-state index >= 15 is 0 Å². The lowest BCUT2D eigenvalue weighted by Gasteiger charge is -2.36. The molecule has 0 radical (unpaired) electrons. The standard InChI is InChI=1S/C23H24BrF3N4O3/c1-29-7-9-30(10-8-29)23(34)31(18-4-2-3-17(24)12-18)14-16-6-5-15(11-19(16)25)20(32)13-28-22(33)21(26)27/h2-6,11-12,21H,7-10,13-14H2,1H3,(H,28,33). The Morgan fingerprint density at radius 3 is 2.41 bits per heavy atom. The molecular formula is C23H24BrF3N4O3. The fourth-order valence-corrected chi connectivity index (χ4v) is 3.83. The predicted octanol–water partition coefficient (Wildman–Crippen LogP) is 3.53. The zero-order valence-corrected chi connectivity index (χ0v) is 20.0. The third-order valence-electron chi connectivity index (χ3n) is 5.45. The second kappa shape index (κ2) is 11.5. The van der Waals surface area contributed by atoms with Crippen LogP contribution in [0.25, 0.3) is 0 Å². The maximum Gasteiger partial charge on any atom is 0.324 e. The number of halogens is 4. The van der Waals surface area contributed by atoms with Gasteiger partial charge in [-0.1, -0.05) is 34.1 Å². The summed E-state index contributed by atoms with van der Waals surface area (Å²) in [4.78, 5) is 41.8. The quantitative estimate of drug-likeness (QED) is 0.545. The van der Waals surface area contributed by atoms with Crippen LogP contribution in [0.3, 0.4) is 0 Å². The predicted molar refractivity (Wildman–Crippen MR) is 125 cm³/mol. The Morgan fingerprint density at radius 1 is 1.09 bits per heavy atom. The van der Waals surface area contributed by atoms with E-state index in [-0.39, 0.29) is 23.7 Å². The van der Waals surface area contributed by atoms with Gasteiger partial charge in [-0.25, -0.2) is 9.18 Å². The van der Waals surface area contributed by atoms with E-state index < -0.39 is 30.5 Å². The number of carbonyl (C=O) groups is 3. The summed E-state index contributed by atoms with van der Waals surface area (Å²) < 4.78 is 40.2. The molecule has 2 aromatic rings. The highest BCUT2D eigenvalue weighted by atomic mass is 79.9. The zero-order valence-electron chi connectivity index (χ0n) is 18.4. The van der Waals surface area contributed by atoms with Gasteiger partial charge >= 0.3 is 12.5 Å². The van der Waals surface area contributed by atoms with Crippen LogP contribution in [-0.4, -0.2) is 73.7 Å². The molecule has 2 aromatic carbocycles. The molecule has 0 bridgehead atoms. The first-order valence-electron chi connectivity index (χ1n) is 10.5. The molecule has 1 saturated heterocycles. The molecule has 0 atom stereocenters. The Bertz CT molecular complexity index is 1060. The van der Waals surface area contributed by atoms with Crippen molar-refractivity contribution in [3.63, 3.8) is 0 Å². The van der Waals surface area contributed by atoms with Crippen molar-refractivity contribution in [2.45, 2.75) is 13.0 Å². The van der Waals surface area contributed by atoms with Gasteiger partial charge in [0.25, 0.3) is 5.91 Å². The van der Waals surface area contributed by atoms with Gasteiger partial charge in [0.15, 0.2) is 5.78 Å². The number of hydrogen-bond acceptors (Lipinski definition) is 4. The van der Waals surface area contributed by atoms with Crippen molar-refractivity contribution in [1.82, 2.24) is 15.1 Å². The van der Waals surface area contributed by atoms with Crippen molar-refractivity contribution in [2.24, 2.45) is 0 Å². The molecule has 0 spiro atoms. The maximum absolute atomic E-state index is 14.9. The highest BCUT2D eigenvalue weighted by Gasteiger charge is 2.26. The Morgan fingerprint density at radius 2 is 1.79 bits per heavy atom. The Labute approximate surface area is 203 Å². The number of anilines is 1. The third kappa shape index (κ3) is 6.57. The summed E-state index contributed by atoms with van der Waals surface area (Å²) in [5.41, 5.74) is 0.679. The highest BCUT2D eigenvalue weighted by Crippen LogP contribution is 2.25. The molecule has 34 heavy (non-hydrogen) atoms. The van der Waals surface area contributed by atoms with Crippen molar-refractivity contribution in [1.29, 1.82) is 0 Å². The van der Waals surface area contributed by atoms with Crippen LogP contribution < -0.4 is 10.2 Å². The molecule has 0 unspecified atom stereocenters. The highest BCUT2D eigenvalue weighted by molar-refractivity contribution is 9.10. The second-order valence-corrected chi connectivity index (χ2v) is 8.80. The molecule has 7 nitrogen and oxygen atoms in total.